The highest BCUT2D eigenvalue weighted by molar-refractivity contribution is 6.30. The maximum atomic E-state index is 12.3. The van der Waals surface area contributed by atoms with Gasteiger partial charge in [0.15, 0.2) is 0 Å². The molecular weight excluding hydrogens is 335 g/mol. The van der Waals surface area contributed by atoms with Gasteiger partial charge in [0.05, 0.1) is 12.3 Å². The predicted molar refractivity (Wildman–Crippen MR) is 97.9 cm³/mol. The third-order valence-corrected chi connectivity index (χ3v) is 4.40. The Labute approximate surface area is 149 Å². The molecule has 1 amide bonds. The van der Waals surface area contributed by atoms with Crippen molar-refractivity contribution in [2.45, 2.75) is 33.1 Å². The van der Waals surface area contributed by atoms with Crippen molar-refractivity contribution < 1.29 is 9.53 Å². The van der Waals surface area contributed by atoms with Gasteiger partial charge in [-0.15, -0.1) is 12.4 Å². The maximum absolute atomic E-state index is 12.3. The van der Waals surface area contributed by atoms with Crippen LogP contribution in [0.15, 0.2) is 18.2 Å². The molecule has 23 heavy (non-hydrogen) atoms. The molecule has 6 heteroatoms. The Hall–Kier alpha value is -0.970. The second kappa shape index (κ2) is 10.0. The largest absolute Gasteiger partial charge is 0.492 e. The van der Waals surface area contributed by atoms with E-state index in [1.165, 1.54) is 12.8 Å². The number of amides is 1. The Bertz CT molecular complexity index is 505. The average Bonchev–Trinajstić information content (AvgIpc) is 2.51. The lowest BCUT2D eigenvalue weighted by atomic mass is 9.85. The van der Waals surface area contributed by atoms with Gasteiger partial charge in [-0.1, -0.05) is 18.5 Å². The summed E-state index contributed by atoms with van der Waals surface area (Å²) in [6.07, 6.45) is 2.93. The van der Waals surface area contributed by atoms with E-state index in [0.29, 0.717) is 41.3 Å². The van der Waals surface area contributed by atoms with E-state index in [0.717, 1.165) is 13.1 Å². The number of hydrogen-bond acceptors (Lipinski definition) is 3. The van der Waals surface area contributed by atoms with Crippen LogP contribution in [0.4, 0.5) is 5.69 Å². The van der Waals surface area contributed by atoms with Crippen molar-refractivity contribution >= 4 is 35.6 Å². The third-order valence-electron chi connectivity index (χ3n) is 4.16. The standard InChI is InChI=1S/C17H25ClN2O2.ClH/c1-3-22-16-10-14(18)6-7-15(16)20-17(21)9-12(2)13-5-4-8-19-11-13;/h6-7,10,12-13,19H,3-5,8-9,11H2,1-2H3,(H,20,21);1H. The Morgan fingerprint density at radius 2 is 2.30 bits per heavy atom. The van der Waals surface area contributed by atoms with Crippen molar-refractivity contribution in [3.63, 3.8) is 0 Å². The third kappa shape index (κ3) is 6.21. The lowest BCUT2D eigenvalue weighted by Gasteiger charge is -2.28. The minimum Gasteiger partial charge on any atom is -0.492 e. The molecule has 0 radical (unpaired) electrons. The molecule has 2 unspecified atom stereocenters. The fourth-order valence-corrected chi connectivity index (χ4v) is 3.06. The zero-order valence-electron chi connectivity index (χ0n) is 13.7. The molecule has 1 aromatic rings. The lowest BCUT2D eigenvalue weighted by Crippen LogP contribution is -2.34. The van der Waals surface area contributed by atoms with Crippen LogP contribution in [-0.4, -0.2) is 25.6 Å². The molecule has 1 fully saturated rings. The van der Waals surface area contributed by atoms with Crippen LogP contribution in [0, 0.1) is 11.8 Å². The molecule has 0 bridgehead atoms. The van der Waals surface area contributed by atoms with Crippen LogP contribution in [-0.2, 0) is 4.79 Å². The maximum Gasteiger partial charge on any atom is 0.224 e. The Morgan fingerprint density at radius 1 is 1.52 bits per heavy atom. The second-order valence-corrected chi connectivity index (χ2v) is 6.35. The van der Waals surface area contributed by atoms with Gasteiger partial charge in [-0.2, -0.15) is 0 Å². The minimum atomic E-state index is 0. The molecule has 1 aliphatic rings. The number of carbonyl (C=O) groups excluding carboxylic acids is 1. The van der Waals surface area contributed by atoms with E-state index in [2.05, 4.69) is 17.6 Å². The SMILES string of the molecule is CCOc1cc(Cl)ccc1NC(=O)CC(C)C1CCCNC1.Cl. The van der Waals surface area contributed by atoms with Gasteiger partial charge in [0, 0.05) is 17.5 Å². The van der Waals surface area contributed by atoms with Crippen molar-refractivity contribution in [1.82, 2.24) is 5.32 Å². The minimum absolute atomic E-state index is 0. The summed E-state index contributed by atoms with van der Waals surface area (Å²) in [5, 5.41) is 6.95. The van der Waals surface area contributed by atoms with Gasteiger partial charge < -0.3 is 15.4 Å². The molecule has 130 valence electrons. The summed E-state index contributed by atoms with van der Waals surface area (Å²) in [7, 11) is 0. The molecule has 1 saturated heterocycles. The normalized spacial score (nSPS) is 18.7. The van der Waals surface area contributed by atoms with E-state index in [-0.39, 0.29) is 18.3 Å². The van der Waals surface area contributed by atoms with Gasteiger partial charge in [-0.25, -0.2) is 0 Å². The van der Waals surface area contributed by atoms with Crippen LogP contribution < -0.4 is 15.4 Å². The number of halogens is 2. The summed E-state index contributed by atoms with van der Waals surface area (Å²) in [6.45, 7) is 6.71. The first kappa shape index (κ1) is 20.1. The zero-order valence-corrected chi connectivity index (χ0v) is 15.3. The number of ether oxygens (including phenoxy) is 1. The van der Waals surface area contributed by atoms with Gasteiger partial charge in [0.2, 0.25) is 5.91 Å². The monoisotopic (exact) mass is 360 g/mol. The molecule has 0 aromatic heterocycles. The van der Waals surface area contributed by atoms with Gasteiger partial charge in [-0.05, 0) is 56.8 Å². The quantitative estimate of drug-likeness (QED) is 0.801. The summed E-state index contributed by atoms with van der Waals surface area (Å²) >= 11 is 5.98. The second-order valence-electron chi connectivity index (χ2n) is 5.91. The van der Waals surface area contributed by atoms with Crippen molar-refractivity contribution in [3.8, 4) is 5.75 Å². The summed E-state index contributed by atoms with van der Waals surface area (Å²) in [5.74, 6) is 1.60. The molecular formula is C17H26Cl2N2O2. The highest BCUT2D eigenvalue weighted by Gasteiger charge is 2.22. The molecule has 2 atom stereocenters. The highest BCUT2D eigenvalue weighted by Crippen LogP contribution is 2.29. The summed E-state index contributed by atoms with van der Waals surface area (Å²) < 4.78 is 5.53. The predicted octanol–water partition coefficient (Wildman–Crippen LogP) is 4.12. The first-order valence-electron chi connectivity index (χ1n) is 8.03. The summed E-state index contributed by atoms with van der Waals surface area (Å²) in [5.41, 5.74) is 0.685. The number of anilines is 1. The van der Waals surface area contributed by atoms with E-state index in [9.17, 15) is 4.79 Å². The fourth-order valence-electron chi connectivity index (χ4n) is 2.90. The number of benzene rings is 1. The Balaban J connectivity index is 0.00000264. The van der Waals surface area contributed by atoms with Crippen molar-refractivity contribution in [2.24, 2.45) is 11.8 Å². The average molecular weight is 361 g/mol. The Morgan fingerprint density at radius 3 is 2.96 bits per heavy atom. The van der Waals surface area contributed by atoms with E-state index in [1.54, 1.807) is 18.2 Å². The molecule has 1 aromatic carbocycles. The first-order valence-corrected chi connectivity index (χ1v) is 8.41. The van der Waals surface area contributed by atoms with Crippen LogP contribution in [0.25, 0.3) is 0 Å². The Kier molecular flexibility index (Phi) is 8.74. The molecule has 2 rings (SSSR count). The van der Waals surface area contributed by atoms with Crippen LogP contribution in [0.5, 0.6) is 5.75 Å². The molecule has 0 saturated carbocycles. The van der Waals surface area contributed by atoms with Crippen LogP contribution >= 0.6 is 24.0 Å². The number of hydrogen-bond donors (Lipinski definition) is 2. The van der Waals surface area contributed by atoms with E-state index >= 15 is 0 Å². The van der Waals surface area contributed by atoms with Crippen LogP contribution in [0.2, 0.25) is 5.02 Å². The number of carbonyl (C=O) groups is 1. The molecule has 4 nitrogen and oxygen atoms in total. The fraction of sp³-hybridized carbons (Fsp3) is 0.588. The summed E-state index contributed by atoms with van der Waals surface area (Å²) in [6, 6.07) is 5.28. The van der Waals surface area contributed by atoms with E-state index in [4.69, 9.17) is 16.3 Å². The van der Waals surface area contributed by atoms with Crippen LogP contribution in [0.1, 0.15) is 33.1 Å². The molecule has 1 heterocycles. The number of nitrogens with one attached hydrogen (secondary N) is 2. The molecule has 2 N–H and O–H groups in total. The molecule has 0 aliphatic carbocycles. The van der Waals surface area contributed by atoms with Crippen molar-refractivity contribution in [3.05, 3.63) is 23.2 Å². The lowest BCUT2D eigenvalue weighted by molar-refractivity contribution is -0.117. The smallest absolute Gasteiger partial charge is 0.224 e. The van der Waals surface area contributed by atoms with Gasteiger partial charge >= 0.3 is 0 Å². The summed E-state index contributed by atoms with van der Waals surface area (Å²) in [4.78, 5) is 12.3. The van der Waals surface area contributed by atoms with E-state index < -0.39 is 0 Å². The van der Waals surface area contributed by atoms with Crippen molar-refractivity contribution in [1.29, 1.82) is 0 Å². The molecule has 1 aliphatic heterocycles. The zero-order chi connectivity index (χ0) is 15.9. The van der Waals surface area contributed by atoms with Gasteiger partial charge in [0.1, 0.15) is 5.75 Å². The topological polar surface area (TPSA) is 50.4 Å². The van der Waals surface area contributed by atoms with E-state index in [1.807, 2.05) is 6.92 Å². The number of piperidine rings is 1. The van der Waals surface area contributed by atoms with Gasteiger partial charge in [-0.3, -0.25) is 4.79 Å². The van der Waals surface area contributed by atoms with Crippen LogP contribution in [0.3, 0.4) is 0 Å². The number of rotatable bonds is 6. The van der Waals surface area contributed by atoms with Gasteiger partial charge in [0.25, 0.3) is 0 Å². The highest BCUT2D eigenvalue weighted by atomic mass is 35.5. The van der Waals surface area contributed by atoms with Crippen molar-refractivity contribution in [2.75, 3.05) is 25.0 Å². The molecule has 0 spiro atoms. The first-order chi connectivity index (χ1) is 10.6.